The molecule has 1 saturated heterocycles. The Morgan fingerprint density at radius 2 is 2.09 bits per heavy atom. The van der Waals surface area contributed by atoms with Gasteiger partial charge in [0.1, 0.15) is 17.5 Å². The van der Waals surface area contributed by atoms with Gasteiger partial charge in [0.15, 0.2) is 0 Å². The molecule has 1 aliphatic heterocycles. The van der Waals surface area contributed by atoms with Gasteiger partial charge in [-0.3, -0.25) is 9.59 Å². The zero-order valence-electron chi connectivity index (χ0n) is 12.8. The van der Waals surface area contributed by atoms with Gasteiger partial charge in [0.05, 0.1) is 26.9 Å². The minimum atomic E-state index is -0.660. The molecule has 0 radical (unpaired) electrons. The smallest absolute Gasteiger partial charge is 0.248 e. The van der Waals surface area contributed by atoms with E-state index < -0.39 is 12.1 Å². The number of β-lactam (4-membered cyclic amide) rings is 1. The van der Waals surface area contributed by atoms with E-state index in [-0.39, 0.29) is 18.4 Å². The third-order valence-corrected chi connectivity index (χ3v) is 3.71. The van der Waals surface area contributed by atoms with Crippen molar-refractivity contribution in [1.29, 1.82) is 0 Å². The van der Waals surface area contributed by atoms with Crippen molar-refractivity contribution in [2.24, 2.45) is 0 Å². The van der Waals surface area contributed by atoms with Crippen LogP contribution in [-0.2, 0) is 16.1 Å². The van der Waals surface area contributed by atoms with E-state index in [9.17, 15) is 14.7 Å². The van der Waals surface area contributed by atoms with Crippen molar-refractivity contribution in [3.8, 4) is 11.5 Å². The highest BCUT2D eigenvalue weighted by Gasteiger charge is 2.47. The lowest BCUT2D eigenvalue weighted by Gasteiger charge is -2.46. The second-order valence-corrected chi connectivity index (χ2v) is 5.07. The fraction of sp³-hybridized carbons (Fsp3) is 0.467. The highest BCUT2D eigenvalue weighted by atomic mass is 16.5. The van der Waals surface area contributed by atoms with Crippen LogP contribution >= 0.6 is 0 Å². The van der Waals surface area contributed by atoms with E-state index in [1.54, 1.807) is 26.4 Å². The molecule has 1 heterocycles. The van der Waals surface area contributed by atoms with Crippen molar-refractivity contribution >= 4 is 11.8 Å². The van der Waals surface area contributed by atoms with Gasteiger partial charge in [0, 0.05) is 25.1 Å². The summed E-state index contributed by atoms with van der Waals surface area (Å²) >= 11 is 0. The second-order valence-electron chi connectivity index (χ2n) is 5.07. The van der Waals surface area contributed by atoms with Crippen LogP contribution in [0, 0.1) is 0 Å². The first kappa shape index (κ1) is 16.1. The van der Waals surface area contributed by atoms with E-state index in [0.717, 1.165) is 5.56 Å². The Morgan fingerprint density at radius 3 is 2.64 bits per heavy atom. The number of carbonyl (C=O) groups excluding carboxylic acids is 2. The summed E-state index contributed by atoms with van der Waals surface area (Å²) in [7, 11) is 3.10. The number of hydrogen-bond acceptors (Lipinski definition) is 5. The lowest BCUT2D eigenvalue weighted by Crippen LogP contribution is -2.71. The van der Waals surface area contributed by atoms with E-state index in [0.29, 0.717) is 18.0 Å². The average Bonchev–Trinajstić information content (AvgIpc) is 2.52. The maximum Gasteiger partial charge on any atom is 0.248 e. The topological polar surface area (TPSA) is 88.1 Å². The van der Waals surface area contributed by atoms with Crippen LogP contribution in [0.5, 0.6) is 11.5 Å². The summed E-state index contributed by atoms with van der Waals surface area (Å²) in [5, 5.41) is 12.0. The molecule has 2 amide bonds. The van der Waals surface area contributed by atoms with Crippen LogP contribution in [-0.4, -0.2) is 54.7 Å². The van der Waals surface area contributed by atoms with Gasteiger partial charge in [0.2, 0.25) is 11.8 Å². The van der Waals surface area contributed by atoms with Crippen molar-refractivity contribution in [2.75, 3.05) is 20.8 Å². The Kier molecular flexibility index (Phi) is 4.87. The maximum absolute atomic E-state index is 12.1. The molecule has 7 nitrogen and oxygen atoms in total. The number of rotatable bonds is 6. The minimum absolute atomic E-state index is 0.213. The molecule has 2 rings (SSSR count). The zero-order chi connectivity index (χ0) is 16.3. The molecule has 0 aliphatic carbocycles. The molecule has 1 aromatic carbocycles. The molecule has 22 heavy (non-hydrogen) atoms. The number of nitrogens with zero attached hydrogens (tertiary/aromatic N) is 1. The molecule has 0 bridgehead atoms. The van der Waals surface area contributed by atoms with Gasteiger partial charge >= 0.3 is 0 Å². The van der Waals surface area contributed by atoms with Crippen LogP contribution in [0.4, 0.5) is 0 Å². The van der Waals surface area contributed by atoms with Gasteiger partial charge < -0.3 is 24.8 Å². The Labute approximate surface area is 128 Å². The quantitative estimate of drug-likeness (QED) is 0.717. The highest BCUT2D eigenvalue weighted by molar-refractivity contribution is 5.93. The number of aliphatic hydroxyl groups is 1. The molecular weight excluding hydrogens is 288 g/mol. The van der Waals surface area contributed by atoms with E-state index in [2.05, 4.69) is 5.32 Å². The minimum Gasteiger partial charge on any atom is -0.497 e. The molecule has 2 unspecified atom stereocenters. The number of amides is 2. The molecule has 1 aromatic rings. The van der Waals surface area contributed by atoms with E-state index in [1.165, 1.54) is 11.8 Å². The van der Waals surface area contributed by atoms with E-state index in [4.69, 9.17) is 9.47 Å². The number of likely N-dealkylation sites (tertiary alicyclic amines) is 1. The van der Waals surface area contributed by atoms with E-state index >= 15 is 0 Å². The summed E-state index contributed by atoms with van der Waals surface area (Å²) in [6.45, 7) is 1.43. The number of nitrogens with one attached hydrogen (secondary N) is 1. The molecule has 0 aromatic heterocycles. The van der Waals surface area contributed by atoms with E-state index in [1.807, 2.05) is 6.07 Å². The van der Waals surface area contributed by atoms with Gasteiger partial charge in [-0.25, -0.2) is 0 Å². The molecule has 120 valence electrons. The molecular formula is C15H20N2O5. The first-order valence-electron chi connectivity index (χ1n) is 6.91. The lowest BCUT2D eigenvalue weighted by molar-refractivity contribution is -0.156. The summed E-state index contributed by atoms with van der Waals surface area (Å²) < 4.78 is 10.4. The SMILES string of the molecule is COc1ccc(CN2C(=O)C(NC(C)=O)C2CO)c(OC)c1. The molecule has 7 heteroatoms. The number of methoxy groups -OCH3 is 2. The maximum atomic E-state index is 12.1. The van der Waals surface area contributed by atoms with Crippen LogP contribution in [0.15, 0.2) is 18.2 Å². The number of ether oxygens (including phenoxy) is 2. The monoisotopic (exact) mass is 308 g/mol. The Hall–Kier alpha value is -2.28. The van der Waals surface area contributed by atoms with Crippen molar-refractivity contribution in [3.05, 3.63) is 23.8 Å². The first-order valence-corrected chi connectivity index (χ1v) is 6.91. The van der Waals surface area contributed by atoms with Crippen molar-refractivity contribution < 1.29 is 24.2 Å². The predicted molar refractivity (Wildman–Crippen MR) is 78.6 cm³/mol. The van der Waals surface area contributed by atoms with Crippen molar-refractivity contribution in [2.45, 2.75) is 25.6 Å². The fourth-order valence-electron chi connectivity index (χ4n) is 2.55. The van der Waals surface area contributed by atoms with Gasteiger partial charge in [0.25, 0.3) is 0 Å². The Morgan fingerprint density at radius 1 is 1.36 bits per heavy atom. The lowest BCUT2D eigenvalue weighted by atomic mass is 9.94. The molecule has 0 spiro atoms. The Balaban J connectivity index is 2.14. The summed E-state index contributed by atoms with van der Waals surface area (Å²) in [5.74, 6) is 0.753. The van der Waals surface area contributed by atoms with Crippen molar-refractivity contribution in [3.63, 3.8) is 0 Å². The van der Waals surface area contributed by atoms with Crippen LogP contribution in [0.3, 0.4) is 0 Å². The number of benzene rings is 1. The molecule has 0 saturated carbocycles. The third kappa shape index (κ3) is 2.99. The summed E-state index contributed by atoms with van der Waals surface area (Å²) in [4.78, 5) is 24.7. The normalized spacial score (nSPS) is 20.4. The van der Waals surface area contributed by atoms with Crippen LogP contribution in [0.2, 0.25) is 0 Å². The number of carbonyl (C=O) groups is 2. The highest BCUT2D eigenvalue weighted by Crippen LogP contribution is 2.29. The van der Waals surface area contributed by atoms with Gasteiger partial charge in [-0.05, 0) is 12.1 Å². The molecule has 1 aliphatic rings. The second kappa shape index (κ2) is 6.65. The first-order chi connectivity index (χ1) is 10.5. The van der Waals surface area contributed by atoms with Crippen LogP contribution in [0.25, 0.3) is 0 Å². The summed E-state index contributed by atoms with van der Waals surface area (Å²) in [6, 6.07) is 4.24. The number of aliphatic hydroxyl groups excluding tert-OH is 1. The number of hydrogen-bond donors (Lipinski definition) is 2. The van der Waals surface area contributed by atoms with Crippen LogP contribution < -0.4 is 14.8 Å². The molecule has 2 atom stereocenters. The summed E-state index contributed by atoms with van der Waals surface area (Å²) in [6.07, 6.45) is 0. The average molecular weight is 308 g/mol. The third-order valence-electron chi connectivity index (χ3n) is 3.71. The zero-order valence-corrected chi connectivity index (χ0v) is 12.8. The molecule has 2 N–H and O–H groups in total. The Bertz CT molecular complexity index is 575. The largest absolute Gasteiger partial charge is 0.497 e. The van der Waals surface area contributed by atoms with Gasteiger partial charge in [-0.1, -0.05) is 0 Å². The van der Waals surface area contributed by atoms with Crippen molar-refractivity contribution in [1.82, 2.24) is 10.2 Å². The predicted octanol–water partition coefficient (Wildman–Crippen LogP) is -0.0884. The summed E-state index contributed by atoms with van der Waals surface area (Å²) in [5.41, 5.74) is 0.802. The fourth-order valence-corrected chi connectivity index (χ4v) is 2.55. The van der Waals surface area contributed by atoms with Gasteiger partial charge in [-0.15, -0.1) is 0 Å². The standard InChI is InChI=1S/C15H20N2O5/c1-9(19)16-14-12(8-18)17(15(14)20)7-10-4-5-11(21-2)6-13(10)22-3/h4-6,12,14,18H,7-8H2,1-3H3,(H,16,19). The van der Waals surface area contributed by atoms with Crippen LogP contribution in [0.1, 0.15) is 12.5 Å². The molecule has 1 fully saturated rings. The van der Waals surface area contributed by atoms with Gasteiger partial charge in [-0.2, -0.15) is 0 Å².